The second kappa shape index (κ2) is 8.70. The number of H-pyrrole nitrogens is 1. The summed E-state index contributed by atoms with van der Waals surface area (Å²) >= 11 is 7.34. The molecule has 0 saturated carbocycles. The summed E-state index contributed by atoms with van der Waals surface area (Å²) in [4.78, 5) is 18.6. The maximum atomic E-state index is 11.5. The number of carbonyl (C=O) groups is 1. The number of carbonyl (C=O) groups excluding carboxylic acids is 1. The third kappa shape index (κ3) is 5.27. The summed E-state index contributed by atoms with van der Waals surface area (Å²) in [6, 6.07) is 7.28. The quantitative estimate of drug-likeness (QED) is 0.450. The van der Waals surface area contributed by atoms with Gasteiger partial charge in [-0.05, 0) is 37.6 Å². The van der Waals surface area contributed by atoms with Crippen LogP contribution < -0.4 is 4.74 Å². The normalized spacial score (nSPS) is 10.5. The molecule has 0 aliphatic rings. The van der Waals surface area contributed by atoms with Crippen molar-refractivity contribution in [1.82, 2.24) is 9.97 Å². The Bertz CT molecular complexity index is 601. The van der Waals surface area contributed by atoms with Crippen LogP contribution in [0.4, 0.5) is 0 Å². The zero-order valence-electron chi connectivity index (χ0n) is 12.2. The zero-order chi connectivity index (χ0) is 15.8. The molecule has 0 atom stereocenters. The van der Waals surface area contributed by atoms with E-state index in [2.05, 4.69) is 9.97 Å². The standard InChI is InChI=1S/C15H17ClN2O3S/c1-2-20-14(19)13-10-17-15(18-13)22-9-3-8-21-12-6-4-11(16)5-7-12/h4-7,10H,2-3,8-9H2,1H3,(H,17,18). The highest BCUT2D eigenvalue weighted by Crippen LogP contribution is 2.17. The first-order valence-electron chi connectivity index (χ1n) is 6.92. The van der Waals surface area contributed by atoms with Gasteiger partial charge in [-0.1, -0.05) is 23.4 Å². The van der Waals surface area contributed by atoms with Crippen LogP contribution in [0, 0.1) is 0 Å². The van der Waals surface area contributed by atoms with Gasteiger partial charge in [-0.15, -0.1) is 0 Å². The van der Waals surface area contributed by atoms with Crippen molar-refractivity contribution in [2.24, 2.45) is 0 Å². The number of hydrogen-bond acceptors (Lipinski definition) is 5. The lowest BCUT2D eigenvalue weighted by atomic mass is 10.3. The molecule has 0 amide bonds. The molecule has 0 spiro atoms. The predicted octanol–water partition coefficient (Wildman–Crippen LogP) is 3.80. The Balaban J connectivity index is 1.66. The molecule has 1 aromatic heterocycles. The minimum absolute atomic E-state index is 0.350. The van der Waals surface area contributed by atoms with Crippen molar-refractivity contribution in [3.63, 3.8) is 0 Å². The molecule has 0 radical (unpaired) electrons. The summed E-state index contributed by atoms with van der Waals surface area (Å²) in [5, 5.41) is 1.40. The van der Waals surface area contributed by atoms with Gasteiger partial charge in [0.15, 0.2) is 5.16 Å². The number of aromatic nitrogens is 2. The largest absolute Gasteiger partial charge is 0.494 e. The van der Waals surface area contributed by atoms with E-state index in [4.69, 9.17) is 21.1 Å². The number of hydrogen-bond donors (Lipinski definition) is 1. The molecule has 2 rings (SSSR count). The second-order valence-corrected chi connectivity index (χ2v) is 5.85. The monoisotopic (exact) mass is 340 g/mol. The molecule has 2 aromatic rings. The first kappa shape index (κ1) is 16.7. The fourth-order valence-corrected chi connectivity index (χ4v) is 2.53. The number of rotatable bonds is 8. The first-order valence-corrected chi connectivity index (χ1v) is 8.28. The number of halogens is 1. The third-order valence-corrected chi connectivity index (χ3v) is 3.88. The van der Waals surface area contributed by atoms with Gasteiger partial charge in [0, 0.05) is 10.8 Å². The van der Waals surface area contributed by atoms with Crippen molar-refractivity contribution in [3.8, 4) is 5.75 Å². The van der Waals surface area contributed by atoms with Crippen molar-refractivity contribution in [1.29, 1.82) is 0 Å². The van der Waals surface area contributed by atoms with E-state index in [1.807, 2.05) is 12.1 Å². The summed E-state index contributed by atoms with van der Waals surface area (Å²) in [6.45, 7) is 2.73. The van der Waals surface area contributed by atoms with Crippen LogP contribution in [-0.4, -0.2) is 34.9 Å². The summed E-state index contributed by atoms with van der Waals surface area (Å²) in [6.07, 6.45) is 2.35. The van der Waals surface area contributed by atoms with E-state index in [1.54, 1.807) is 19.1 Å². The summed E-state index contributed by atoms with van der Waals surface area (Å²) in [5.74, 6) is 1.26. The molecule has 1 heterocycles. The molecule has 0 unspecified atom stereocenters. The van der Waals surface area contributed by atoms with E-state index in [0.717, 1.165) is 17.9 Å². The maximum Gasteiger partial charge on any atom is 0.356 e. The van der Waals surface area contributed by atoms with E-state index in [9.17, 15) is 4.79 Å². The van der Waals surface area contributed by atoms with Crippen molar-refractivity contribution in [2.75, 3.05) is 19.0 Å². The molecular weight excluding hydrogens is 324 g/mol. The number of imidazole rings is 1. The van der Waals surface area contributed by atoms with Crippen LogP contribution in [0.5, 0.6) is 5.75 Å². The Labute approximate surface area is 138 Å². The van der Waals surface area contributed by atoms with Crippen LogP contribution >= 0.6 is 23.4 Å². The van der Waals surface area contributed by atoms with Gasteiger partial charge in [0.25, 0.3) is 0 Å². The van der Waals surface area contributed by atoms with Gasteiger partial charge in [0.1, 0.15) is 11.4 Å². The Kier molecular flexibility index (Phi) is 6.61. The summed E-state index contributed by atoms with van der Waals surface area (Å²) in [5.41, 5.74) is 0.377. The maximum absolute atomic E-state index is 11.5. The molecule has 0 aliphatic heterocycles. The number of ether oxygens (including phenoxy) is 2. The van der Waals surface area contributed by atoms with Gasteiger partial charge in [-0.2, -0.15) is 0 Å². The van der Waals surface area contributed by atoms with Crippen LogP contribution in [0.15, 0.2) is 35.6 Å². The van der Waals surface area contributed by atoms with Crippen molar-refractivity contribution >= 4 is 29.3 Å². The number of benzene rings is 1. The lowest BCUT2D eigenvalue weighted by Gasteiger charge is -2.05. The number of esters is 1. The van der Waals surface area contributed by atoms with Crippen molar-refractivity contribution in [3.05, 3.63) is 41.2 Å². The third-order valence-electron chi connectivity index (χ3n) is 2.66. The fourth-order valence-electron chi connectivity index (χ4n) is 1.64. The minimum atomic E-state index is -0.382. The molecule has 1 aromatic carbocycles. The van der Waals surface area contributed by atoms with E-state index in [1.165, 1.54) is 18.0 Å². The zero-order valence-corrected chi connectivity index (χ0v) is 13.7. The SMILES string of the molecule is CCOC(=O)c1cnc(SCCCOc2ccc(Cl)cc2)[nH]1. The Morgan fingerprint density at radius 1 is 1.36 bits per heavy atom. The number of nitrogens with one attached hydrogen (secondary N) is 1. The van der Waals surface area contributed by atoms with Crippen LogP contribution in [0.1, 0.15) is 23.8 Å². The minimum Gasteiger partial charge on any atom is -0.494 e. The lowest BCUT2D eigenvalue weighted by Crippen LogP contribution is -2.04. The van der Waals surface area contributed by atoms with Crippen LogP contribution in [0.3, 0.4) is 0 Å². The number of aromatic amines is 1. The lowest BCUT2D eigenvalue weighted by molar-refractivity contribution is 0.0519. The van der Waals surface area contributed by atoms with Crippen molar-refractivity contribution in [2.45, 2.75) is 18.5 Å². The van der Waals surface area contributed by atoms with E-state index < -0.39 is 0 Å². The molecular formula is C15H17ClN2O3S. The average molecular weight is 341 g/mol. The highest BCUT2D eigenvalue weighted by atomic mass is 35.5. The smallest absolute Gasteiger partial charge is 0.356 e. The van der Waals surface area contributed by atoms with Crippen LogP contribution in [-0.2, 0) is 4.74 Å². The van der Waals surface area contributed by atoms with E-state index >= 15 is 0 Å². The first-order chi connectivity index (χ1) is 10.7. The van der Waals surface area contributed by atoms with Gasteiger partial charge in [-0.3, -0.25) is 0 Å². The van der Waals surface area contributed by atoms with Gasteiger partial charge in [0.2, 0.25) is 0 Å². The molecule has 5 nitrogen and oxygen atoms in total. The van der Waals surface area contributed by atoms with Crippen molar-refractivity contribution < 1.29 is 14.3 Å². The molecule has 22 heavy (non-hydrogen) atoms. The molecule has 1 N–H and O–H groups in total. The van der Waals surface area contributed by atoms with Crippen LogP contribution in [0.25, 0.3) is 0 Å². The Morgan fingerprint density at radius 3 is 2.86 bits per heavy atom. The van der Waals surface area contributed by atoms with E-state index in [0.29, 0.717) is 29.1 Å². The Hall–Kier alpha value is -1.66. The highest BCUT2D eigenvalue weighted by molar-refractivity contribution is 7.99. The summed E-state index contributed by atoms with van der Waals surface area (Å²) in [7, 11) is 0. The summed E-state index contributed by atoms with van der Waals surface area (Å²) < 4.78 is 10.5. The molecule has 7 heteroatoms. The highest BCUT2D eigenvalue weighted by Gasteiger charge is 2.10. The van der Waals surface area contributed by atoms with Gasteiger partial charge < -0.3 is 14.5 Å². The molecule has 0 saturated heterocycles. The fraction of sp³-hybridized carbons (Fsp3) is 0.333. The molecule has 118 valence electrons. The van der Waals surface area contributed by atoms with E-state index in [-0.39, 0.29) is 5.97 Å². The van der Waals surface area contributed by atoms with Gasteiger partial charge >= 0.3 is 5.97 Å². The molecule has 0 fully saturated rings. The average Bonchev–Trinajstić information content (AvgIpc) is 2.98. The Morgan fingerprint density at radius 2 is 2.14 bits per heavy atom. The molecule has 0 aliphatic carbocycles. The van der Waals surface area contributed by atoms with Crippen LogP contribution in [0.2, 0.25) is 5.02 Å². The predicted molar refractivity (Wildman–Crippen MR) is 86.8 cm³/mol. The topological polar surface area (TPSA) is 64.2 Å². The van der Waals surface area contributed by atoms with Gasteiger partial charge in [0.05, 0.1) is 19.4 Å². The number of nitrogens with zero attached hydrogens (tertiary/aromatic N) is 1. The second-order valence-electron chi connectivity index (χ2n) is 4.33. The number of thioether (sulfide) groups is 1. The molecule has 0 bridgehead atoms. The van der Waals surface area contributed by atoms with Gasteiger partial charge in [-0.25, -0.2) is 9.78 Å².